The maximum Gasteiger partial charge on any atom is 1.00 e. The van der Waals surface area contributed by atoms with Crippen LogP contribution in [0.3, 0.4) is 0 Å². The fourth-order valence-corrected chi connectivity index (χ4v) is 1.90. The van der Waals surface area contributed by atoms with Gasteiger partial charge in [0.1, 0.15) is 5.03 Å². The number of hydrogen-bond donors (Lipinski definition) is 1. The molecule has 5 nitrogen and oxygen atoms in total. The van der Waals surface area contributed by atoms with E-state index in [0.29, 0.717) is 10.8 Å². The van der Waals surface area contributed by atoms with Crippen molar-refractivity contribution in [3.8, 4) is 0 Å². The number of aromatic nitrogens is 2. The topological polar surface area (TPSA) is 67.2 Å². The summed E-state index contributed by atoms with van der Waals surface area (Å²) in [6.07, 6.45) is 3.07. The summed E-state index contributed by atoms with van der Waals surface area (Å²) < 4.78 is 0. The Bertz CT molecular complexity index is 483. The van der Waals surface area contributed by atoms with Gasteiger partial charge >= 0.3 is 29.6 Å². The first-order valence-corrected chi connectivity index (χ1v) is 5.33. The average Bonchev–Trinajstić information content (AvgIpc) is 2.31. The van der Waals surface area contributed by atoms with Gasteiger partial charge in [0.15, 0.2) is 5.82 Å². The Kier molecular flexibility index (Phi) is 6.13. The third-order valence-electron chi connectivity index (χ3n) is 1.74. The Hall–Kier alpha value is -0.950. The van der Waals surface area contributed by atoms with Gasteiger partial charge in [-0.25, -0.2) is 10.4 Å². The largest absolute Gasteiger partial charge is 1.00 e. The molecule has 7 heteroatoms. The van der Waals surface area contributed by atoms with E-state index in [1.54, 1.807) is 6.20 Å². The van der Waals surface area contributed by atoms with Crippen LogP contribution < -0.4 is 35.0 Å². The second-order valence-corrected chi connectivity index (χ2v) is 3.95. The average molecular weight is 255 g/mol. The summed E-state index contributed by atoms with van der Waals surface area (Å²) in [4.78, 5) is 19.2. The van der Waals surface area contributed by atoms with Crippen LogP contribution in [0.4, 0.5) is 5.82 Å². The van der Waals surface area contributed by atoms with Crippen molar-refractivity contribution in [1.82, 2.24) is 9.97 Å². The summed E-state index contributed by atoms with van der Waals surface area (Å²) in [6, 6.07) is 9.80. The molecule has 0 saturated heterocycles. The summed E-state index contributed by atoms with van der Waals surface area (Å²) in [6.45, 7) is 0. The molecule has 0 spiro atoms. The van der Waals surface area contributed by atoms with Crippen LogP contribution in [0, 0.1) is 4.91 Å². The molecule has 1 aromatic heterocycles. The van der Waals surface area contributed by atoms with Gasteiger partial charge in [-0.15, -0.1) is 4.91 Å². The molecule has 80 valence electrons. The predicted octanol–water partition coefficient (Wildman–Crippen LogP) is -0.275. The van der Waals surface area contributed by atoms with Crippen molar-refractivity contribution >= 4 is 17.6 Å². The fraction of sp³-hybridized carbons (Fsp3) is 0. The molecular weight excluding hydrogens is 247 g/mol. The van der Waals surface area contributed by atoms with Gasteiger partial charge in [0.25, 0.3) is 0 Å². The summed E-state index contributed by atoms with van der Waals surface area (Å²) in [7, 11) is 0. The van der Waals surface area contributed by atoms with Crippen LogP contribution in [0.5, 0.6) is 0 Å². The SMILES string of the molecule is O=NNc1cncc(Sc2ccccc2)n1.[Na+]. The van der Waals surface area contributed by atoms with Crippen molar-refractivity contribution in [1.29, 1.82) is 0 Å². The Balaban J connectivity index is 0.00000144. The van der Waals surface area contributed by atoms with Crippen LogP contribution in [0.1, 0.15) is 0 Å². The van der Waals surface area contributed by atoms with Gasteiger partial charge in [0, 0.05) is 4.90 Å². The molecule has 0 aliphatic rings. The third kappa shape index (κ3) is 4.43. The van der Waals surface area contributed by atoms with Gasteiger partial charge in [-0.3, -0.25) is 4.98 Å². The van der Waals surface area contributed by atoms with Crippen LogP contribution in [0.2, 0.25) is 0 Å². The number of hydrogen-bond acceptors (Lipinski definition) is 5. The van der Waals surface area contributed by atoms with Gasteiger partial charge in [0.2, 0.25) is 0 Å². The molecule has 1 heterocycles. The smallest absolute Gasteiger partial charge is 0.258 e. The van der Waals surface area contributed by atoms with Crippen LogP contribution in [-0.2, 0) is 0 Å². The van der Waals surface area contributed by atoms with E-state index < -0.39 is 0 Å². The molecule has 0 radical (unpaired) electrons. The molecule has 0 aliphatic carbocycles. The number of rotatable bonds is 4. The third-order valence-corrected chi connectivity index (χ3v) is 2.65. The number of anilines is 1. The summed E-state index contributed by atoms with van der Waals surface area (Å²) in [5.41, 5.74) is 2.22. The molecule has 1 N–H and O–H groups in total. The van der Waals surface area contributed by atoms with E-state index in [2.05, 4.69) is 20.7 Å². The van der Waals surface area contributed by atoms with Crippen molar-refractivity contribution in [2.24, 2.45) is 5.29 Å². The maximum absolute atomic E-state index is 10.0. The molecule has 0 amide bonds. The van der Waals surface area contributed by atoms with Gasteiger partial charge < -0.3 is 0 Å². The second kappa shape index (κ2) is 7.39. The second-order valence-electron chi connectivity index (χ2n) is 2.86. The quantitative estimate of drug-likeness (QED) is 0.462. The van der Waals surface area contributed by atoms with Gasteiger partial charge in [-0.2, -0.15) is 0 Å². The number of benzene rings is 1. The Morgan fingerprint density at radius 1 is 1.18 bits per heavy atom. The standard InChI is InChI=1S/C10H8N4OS.Na/c15-14-13-9-6-11-7-10(12-9)16-8-4-2-1-3-5-8;/h1-7H,(H,12,13,15);/q;+1. The first kappa shape index (κ1) is 14.1. The van der Waals surface area contributed by atoms with Crippen LogP contribution >= 0.6 is 11.8 Å². The molecule has 0 atom stereocenters. The summed E-state index contributed by atoms with van der Waals surface area (Å²) in [5.74, 6) is 0.343. The van der Waals surface area contributed by atoms with Crippen LogP contribution in [0.25, 0.3) is 0 Å². The molecule has 2 rings (SSSR count). The molecule has 0 fully saturated rings. The van der Waals surface area contributed by atoms with Crippen molar-refractivity contribution in [2.75, 3.05) is 5.43 Å². The van der Waals surface area contributed by atoms with E-state index >= 15 is 0 Å². The van der Waals surface area contributed by atoms with E-state index in [0.717, 1.165) is 4.90 Å². The van der Waals surface area contributed by atoms with Gasteiger partial charge in [0.05, 0.1) is 17.7 Å². The van der Waals surface area contributed by atoms with Crippen molar-refractivity contribution in [3.05, 3.63) is 47.6 Å². The number of nitroso groups, excluding NO2 is 1. The van der Waals surface area contributed by atoms with E-state index in [4.69, 9.17) is 0 Å². The summed E-state index contributed by atoms with van der Waals surface area (Å²) in [5, 5.41) is 3.25. The van der Waals surface area contributed by atoms with Crippen molar-refractivity contribution in [2.45, 2.75) is 9.92 Å². The molecule has 0 bridgehead atoms. The summed E-state index contributed by atoms with van der Waals surface area (Å²) >= 11 is 1.47. The molecule has 1 aromatic carbocycles. The number of nitrogens with one attached hydrogen (secondary N) is 1. The van der Waals surface area contributed by atoms with Crippen LogP contribution in [0.15, 0.2) is 57.9 Å². The van der Waals surface area contributed by atoms with Gasteiger partial charge in [-0.05, 0) is 12.1 Å². The molecule has 0 saturated carbocycles. The minimum Gasteiger partial charge on any atom is -0.258 e. The number of nitrogens with zero attached hydrogens (tertiary/aromatic N) is 3. The van der Waals surface area contributed by atoms with Gasteiger partial charge in [-0.1, -0.05) is 30.0 Å². The van der Waals surface area contributed by atoms with E-state index in [-0.39, 0.29) is 29.6 Å². The molecular formula is C10H8N4NaOS+. The van der Waals surface area contributed by atoms with Crippen LogP contribution in [-0.4, -0.2) is 9.97 Å². The first-order valence-electron chi connectivity index (χ1n) is 4.52. The normalized spacial score (nSPS) is 9.18. The molecule has 0 unspecified atom stereocenters. The zero-order chi connectivity index (χ0) is 11.2. The van der Waals surface area contributed by atoms with Crippen molar-refractivity contribution < 1.29 is 29.6 Å². The minimum atomic E-state index is 0. The zero-order valence-electron chi connectivity index (χ0n) is 9.20. The van der Waals surface area contributed by atoms with E-state index in [9.17, 15) is 4.91 Å². The Labute approximate surface area is 125 Å². The molecule has 2 aromatic rings. The maximum atomic E-state index is 10.0. The van der Waals surface area contributed by atoms with E-state index in [1.807, 2.05) is 30.3 Å². The Morgan fingerprint density at radius 3 is 2.65 bits per heavy atom. The fourth-order valence-electron chi connectivity index (χ4n) is 1.11. The predicted molar refractivity (Wildman–Crippen MR) is 62.0 cm³/mol. The van der Waals surface area contributed by atoms with E-state index in [1.165, 1.54) is 18.0 Å². The zero-order valence-corrected chi connectivity index (χ0v) is 12.0. The minimum absolute atomic E-state index is 0. The van der Waals surface area contributed by atoms with Crippen molar-refractivity contribution in [3.63, 3.8) is 0 Å². The monoisotopic (exact) mass is 255 g/mol. The Morgan fingerprint density at radius 2 is 1.94 bits per heavy atom. The molecule has 0 aliphatic heterocycles. The molecule has 17 heavy (non-hydrogen) atoms. The first-order chi connectivity index (χ1) is 7.88.